The minimum absolute atomic E-state index is 0.00712. The maximum atomic E-state index is 15.0. The van der Waals surface area contributed by atoms with Crippen LogP contribution in [0.5, 0.6) is 5.88 Å². The highest BCUT2D eigenvalue weighted by molar-refractivity contribution is 6.39. The number of nitrogens with one attached hydrogen (secondary N) is 3. The largest absolute Gasteiger partial charge is 0.481 e. The van der Waals surface area contributed by atoms with Gasteiger partial charge in [0.2, 0.25) is 11.8 Å². The SMILES string of the molecule is COc1nc(-c2cccc(-c3cc(F)cc(NC(=O)c4cn(C)c(=O)n(C)c4=O)c3Cl)c2Cl)cc2c1C(NCC1CCC(=O)N1)CC2. The molecule has 1 saturated heterocycles. The van der Waals surface area contributed by atoms with Crippen LogP contribution >= 0.6 is 23.2 Å². The maximum Gasteiger partial charge on any atom is 0.330 e. The quantitative estimate of drug-likeness (QED) is 0.251. The van der Waals surface area contributed by atoms with Crippen molar-refractivity contribution in [3.05, 3.63) is 96.0 Å². The fraction of sp³-hybridized carbons (Fsp3) is 0.303. The third kappa shape index (κ3) is 6.16. The number of amides is 2. The van der Waals surface area contributed by atoms with E-state index >= 15 is 4.39 Å². The highest BCUT2D eigenvalue weighted by atomic mass is 35.5. The van der Waals surface area contributed by atoms with Crippen molar-refractivity contribution in [3.63, 3.8) is 0 Å². The predicted molar refractivity (Wildman–Crippen MR) is 177 cm³/mol. The number of anilines is 1. The van der Waals surface area contributed by atoms with Crippen molar-refractivity contribution in [2.24, 2.45) is 14.1 Å². The minimum Gasteiger partial charge on any atom is -0.481 e. The summed E-state index contributed by atoms with van der Waals surface area (Å²) < 4.78 is 22.6. The topological polar surface area (TPSA) is 136 Å². The van der Waals surface area contributed by atoms with Gasteiger partial charge in [-0.05, 0) is 43.0 Å². The second-order valence-electron chi connectivity index (χ2n) is 11.6. The molecule has 0 spiro atoms. The lowest BCUT2D eigenvalue weighted by atomic mass is 9.99. The molecule has 2 unspecified atom stereocenters. The second-order valence-corrected chi connectivity index (χ2v) is 12.4. The van der Waals surface area contributed by atoms with Gasteiger partial charge in [0, 0.05) is 67.6 Å². The van der Waals surface area contributed by atoms with Crippen LogP contribution in [0.25, 0.3) is 22.4 Å². The molecule has 1 fully saturated rings. The lowest BCUT2D eigenvalue weighted by Gasteiger charge is -2.20. The summed E-state index contributed by atoms with van der Waals surface area (Å²) in [5, 5.41) is 9.28. The van der Waals surface area contributed by atoms with E-state index in [0.29, 0.717) is 35.7 Å². The van der Waals surface area contributed by atoms with Gasteiger partial charge in [0.05, 0.1) is 28.5 Å². The lowest BCUT2D eigenvalue weighted by molar-refractivity contribution is -0.119. The van der Waals surface area contributed by atoms with Crippen molar-refractivity contribution < 1.29 is 18.7 Å². The van der Waals surface area contributed by atoms with Crippen LogP contribution in [0.3, 0.4) is 0 Å². The van der Waals surface area contributed by atoms with Gasteiger partial charge in [-0.1, -0.05) is 41.4 Å². The molecule has 2 atom stereocenters. The van der Waals surface area contributed by atoms with Crippen LogP contribution in [0.4, 0.5) is 10.1 Å². The molecule has 14 heteroatoms. The van der Waals surface area contributed by atoms with Crippen LogP contribution in [0, 0.1) is 5.82 Å². The molecule has 0 bridgehead atoms. The Labute approximate surface area is 278 Å². The van der Waals surface area contributed by atoms with E-state index in [4.69, 9.17) is 32.9 Å². The van der Waals surface area contributed by atoms with E-state index in [-0.39, 0.29) is 44.9 Å². The zero-order valence-corrected chi connectivity index (χ0v) is 27.3. The van der Waals surface area contributed by atoms with E-state index in [9.17, 15) is 19.2 Å². The molecule has 1 aliphatic carbocycles. The van der Waals surface area contributed by atoms with Gasteiger partial charge in [-0.3, -0.25) is 19.0 Å². The van der Waals surface area contributed by atoms with Gasteiger partial charge < -0.3 is 25.3 Å². The zero-order chi connectivity index (χ0) is 33.6. The first-order chi connectivity index (χ1) is 22.5. The summed E-state index contributed by atoms with van der Waals surface area (Å²) in [6, 6.07) is 9.52. The number of carbonyl (C=O) groups excluding carboxylic acids is 2. The van der Waals surface area contributed by atoms with Gasteiger partial charge >= 0.3 is 5.69 Å². The summed E-state index contributed by atoms with van der Waals surface area (Å²) in [7, 11) is 4.22. The number of benzene rings is 2. The Morgan fingerprint density at radius 1 is 1.06 bits per heavy atom. The Hall–Kier alpha value is -4.52. The number of pyridine rings is 1. The Balaban J connectivity index is 1.32. The third-order valence-electron chi connectivity index (χ3n) is 8.59. The van der Waals surface area contributed by atoms with Gasteiger partial charge in [0.1, 0.15) is 11.4 Å². The molecule has 0 saturated carbocycles. The Bertz CT molecular complexity index is 2060. The number of hydrogen-bond donors (Lipinski definition) is 3. The minimum atomic E-state index is -0.866. The molecule has 47 heavy (non-hydrogen) atoms. The molecule has 2 aliphatic rings. The van der Waals surface area contributed by atoms with E-state index in [1.807, 2.05) is 6.07 Å². The first-order valence-electron chi connectivity index (χ1n) is 14.9. The number of nitrogens with zero attached hydrogens (tertiary/aromatic N) is 3. The number of aryl methyl sites for hydroxylation is 2. The smallest absolute Gasteiger partial charge is 0.330 e. The molecular weight excluding hydrogens is 650 g/mol. The Morgan fingerprint density at radius 2 is 1.83 bits per heavy atom. The monoisotopic (exact) mass is 680 g/mol. The Morgan fingerprint density at radius 3 is 2.55 bits per heavy atom. The van der Waals surface area contributed by atoms with E-state index in [1.165, 1.54) is 20.2 Å². The first-order valence-corrected chi connectivity index (χ1v) is 15.7. The Kier molecular flexibility index (Phi) is 8.93. The van der Waals surface area contributed by atoms with Gasteiger partial charge in [0.25, 0.3) is 11.5 Å². The molecule has 244 valence electrons. The first kappa shape index (κ1) is 32.4. The number of rotatable bonds is 8. The molecule has 0 radical (unpaired) electrons. The lowest BCUT2D eigenvalue weighted by Crippen LogP contribution is -2.40. The molecule has 2 amide bonds. The van der Waals surface area contributed by atoms with Gasteiger partial charge in [-0.2, -0.15) is 0 Å². The van der Waals surface area contributed by atoms with E-state index in [1.54, 1.807) is 25.3 Å². The summed E-state index contributed by atoms with van der Waals surface area (Å²) in [6.45, 7) is 0.646. The average Bonchev–Trinajstić information content (AvgIpc) is 3.67. The highest BCUT2D eigenvalue weighted by Crippen LogP contribution is 2.44. The number of aromatic nitrogens is 3. The summed E-state index contributed by atoms with van der Waals surface area (Å²) in [4.78, 5) is 54.1. The van der Waals surface area contributed by atoms with Crippen LogP contribution in [0.1, 0.15) is 46.8 Å². The van der Waals surface area contributed by atoms with Crippen LogP contribution in [0.15, 0.2) is 52.2 Å². The number of ether oxygens (including phenoxy) is 1. The number of halogens is 3. The predicted octanol–water partition coefficient (Wildman–Crippen LogP) is 4.38. The number of hydrogen-bond acceptors (Lipinski definition) is 7. The molecule has 3 heterocycles. The molecular formula is C33H31Cl2FN6O5. The number of carbonyl (C=O) groups is 2. The molecule has 1 aliphatic heterocycles. The van der Waals surface area contributed by atoms with Crippen molar-refractivity contribution in [2.45, 2.75) is 37.8 Å². The van der Waals surface area contributed by atoms with Crippen LogP contribution in [-0.2, 0) is 25.3 Å². The van der Waals surface area contributed by atoms with Crippen molar-refractivity contribution in [3.8, 4) is 28.3 Å². The zero-order valence-electron chi connectivity index (χ0n) is 25.7. The van der Waals surface area contributed by atoms with E-state index < -0.39 is 23.0 Å². The average molecular weight is 682 g/mol. The summed E-state index contributed by atoms with van der Waals surface area (Å²) in [5.74, 6) is -1.04. The summed E-state index contributed by atoms with van der Waals surface area (Å²) >= 11 is 13.7. The fourth-order valence-electron chi connectivity index (χ4n) is 6.19. The van der Waals surface area contributed by atoms with Crippen molar-refractivity contribution in [1.82, 2.24) is 24.8 Å². The van der Waals surface area contributed by atoms with E-state index in [0.717, 1.165) is 51.8 Å². The molecule has 2 aromatic heterocycles. The third-order valence-corrected chi connectivity index (χ3v) is 9.41. The van der Waals surface area contributed by atoms with E-state index in [2.05, 4.69) is 16.0 Å². The summed E-state index contributed by atoms with van der Waals surface area (Å²) in [6.07, 6.45) is 4.07. The van der Waals surface area contributed by atoms with Gasteiger partial charge in [-0.25, -0.2) is 14.2 Å². The van der Waals surface area contributed by atoms with Crippen LogP contribution < -0.4 is 31.9 Å². The van der Waals surface area contributed by atoms with Crippen LogP contribution in [-0.4, -0.2) is 45.6 Å². The number of methoxy groups -OCH3 is 1. The molecule has 11 nitrogen and oxygen atoms in total. The standard InChI is InChI=1S/C33H31Cl2FN6O5/c1-41-15-22(32(45)42(2)33(41)46)30(44)39-25-13-17(36)12-21(29(25)35)19-5-4-6-20(28(19)34)24-11-16-7-9-23(27(16)31(40-24)47-3)37-14-18-8-10-26(43)38-18/h4-6,11-13,15,18,23,37H,7-10,14H2,1-3H3,(H,38,43)(H,39,44). The fourth-order valence-corrected chi connectivity index (χ4v) is 6.77. The summed E-state index contributed by atoms with van der Waals surface area (Å²) in [5.41, 5.74) is 1.92. The normalized spacial score (nSPS) is 17.0. The van der Waals surface area contributed by atoms with Gasteiger partial charge in [0.15, 0.2) is 0 Å². The van der Waals surface area contributed by atoms with Crippen LogP contribution in [0.2, 0.25) is 10.0 Å². The molecule has 4 aromatic rings. The number of fused-ring (bicyclic) bond motifs is 1. The maximum absolute atomic E-state index is 15.0. The molecule has 2 aromatic carbocycles. The van der Waals surface area contributed by atoms with Crippen molar-refractivity contribution >= 4 is 40.7 Å². The molecule has 6 rings (SSSR count). The van der Waals surface area contributed by atoms with Crippen molar-refractivity contribution in [2.75, 3.05) is 19.0 Å². The second kappa shape index (κ2) is 12.9. The van der Waals surface area contributed by atoms with Gasteiger partial charge in [-0.15, -0.1) is 0 Å². The highest BCUT2D eigenvalue weighted by Gasteiger charge is 2.30. The molecule has 3 N–H and O–H groups in total. The van der Waals surface area contributed by atoms with Crippen molar-refractivity contribution in [1.29, 1.82) is 0 Å².